The summed E-state index contributed by atoms with van der Waals surface area (Å²) in [5, 5.41) is 3.24. The van der Waals surface area contributed by atoms with E-state index >= 15 is 4.39 Å². The second-order valence-corrected chi connectivity index (χ2v) is 9.43. The van der Waals surface area contributed by atoms with Crippen LogP contribution in [0.1, 0.15) is 22.3 Å². The van der Waals surface area contributed by atoms with Gasteiger partial charge in [0.25, 0.3) is 5.91 Å². The second kappa shape index (κ2) is 9.50. The van der Waals surface area contributed by atoms with Gasteiger partial charge >= 0.3 is 0 Å². The predicted molar refractivity (Wildman–Crippen MR) is 147 cm³/mol. The van der Waals surface area contributed by atoms with E-state index in [1.54, 1.807) is 30.5 Å². The average Bonchev–Trinajstić information content (AvgIpc) is 3.54. The van der Waals surface area contributed by atoms with E-state index in [9.17, 15) is 9.18 Å². The Kier molecular flexibility index (Phi) is 5.98. The van der Waals surface area contributed by atoms with Gasteiger partial charge in [-0.3, -0.25) is 9.79 Å². The normalized spacial score (nSPS) is 16.0. The molecule has 6 rings (SSSR count). The minimum atomic E-state index is -0.489. The molecule has 4 aromatic rings. The average molecular weight is 527 g/mol. The Morgan fingerprint density at radius 2 is 1.79 bits per heavy atom. The summed E-state index contributed by atoms with van der Waals surface area (Å²) in [4.78, 5) is 23.7. The second-order valence-electron chi connectivity index (χ2n) is 9.43. The van der Waals surface area contributed by atoms with E-state index in [0.29, 0.717) is 45.6 Å². The molecule has 0 spiro atoms. The summed E-state index contributed by atoms with van der Waals surface area (Å²) in [6.07, 6.45) is 3.79. The number of amides is 1. The van der Waals surface area contributed by atoms with Crippen LogP contribution < -0.4 is 10.2 Å². The van der Waals surface area contributed by atoms with Crippen molar-refractivity contribution in [2.45, 2.75) is 12.6 Å². The van der Waals surface area contributed by atoms with Crippen molar-refractivity contribution >= 4 is 34.7 Å². The van der Waals surface area contributed by atoms with Gasteiger partial charge in [0.15, 0.2) is 6.17 Å². The fourth-order valence-electron chi connectivity index (χ4n) is 4.82. The first-order chi connectivity index (χ1) is 18.8. The Hall–Kier alpha value is -4.79. The van der Waals surface area contributed by atoms with Crippen molar-refractivity contribution in [2.75, 3.05) is 26.0 Å². The van der Waals surface area contributed by atoms with Gasteiger partial charge in [-0.25, -0.2) is 13.8 Å². The SMILES string of the molecule is CNC(=O)c1c(-c2ccc(F)cc2)oc2cc(N(C)C)c(-c3ccc(F)c(C4=NC5N=CCC=C5O4)c3)cc12. The highest BCUT2D eigenvalue weighted by molar-refractivity contribution is 6.13. The Balaban J connectivity index is 1.54. The van der Waals surface area contributed by atoms with Crippen LogP contribution in [0.3, 0.4) is 0 Å². The molecule has 0 fully saturated rings. The zero-order chi connectivity index (χ0) is 27.3. The number of allylic oxidation sites excluding steroid dienone is 1. The van der Waals surface area contributed by atoms with Gasteiger partial charge in [0.05, 0.1) is 11.1 Å². The molecule has 1 amide bonds. The summed E-state index contributed by atoms with van der Waals surface area (Å²) in [7, 11) is 5.31. The maximum Gasteiger partial charge on any atom is 0.255 e. The smallest absolute Gasteiger partial charge is 0.255 e. The number of nitrogens with one attached hydrogen (secondary N) is 1. The lowest BCUT2D eigenvalue weighted by molar-refractivity contribution is 0.0964. The molecule has 1 atom stereocenters. The number of rotatable bonds is 5. The Bertz CT molecular complexity index is 1720. The third-order valence-electron chi connectivity index (χ3n) is 6.74. The molecule has 39 heavy (non-hydrogen) atoms. The van der Waals surface area contributed by atoms with E-state index in [1.807, 2.05) is 37.2 Å². The van der Waals surface area contributed by atoms with Crippen molar-refractivity contribution in [1.82, 2.24) is 5.32 Å². The van der Waals surface area contributed by atoms with Crippen molar-refractivity contribution < 1.29 is 22.7 Å². The Morgan fingerprint density at radius 3 is 2.51 bits per heavy atom. The summed E-state index contributed by atoms with van der Waals surface area (Å²) in [6, 6.07) is 14.2. The van der Waals surface area contributed by atoms with Gasteiger partial charge in [-0.05, 0) is 54.1 Å². The minimum absolute atomic E-state index is 0.171. The van der Waals surface area contributed by atoms with Crippen LogP contribution >= 0.6 is 0 Å². The van der Waals surface area contributed by atoms with Crippen LogP contribution in [0.4, 0.5) is 14.5 Å². The lowest BCUT2D eigenvalue weighted by Gasteiger charge is -2.18. The van der Waals surface area contributed by atoms with Crippen LogP contribution in [0.5, 0.6) is 0 Å². The molecule has 0 radical (unpaired) electrons. The first-order valence-electron chi connectivity index (χ1n) is 12.4. The minimum Gasteiger partial charge on any atom is -0.455 e. The highest BCUT2D eigenvalue weighted by atomic mass is 19.1. The predicted octanol–water partition coefficient (Wildman–Crippen LogP) is 5.93. The van der Waals surface area contributed by atoms with Crippen LogP contribution in [0.15, 0.2) is 80.8 Å². The monoisotopic (exact) mass is 526 g/mol. The molecule has 3 heterocycles. The first kappa shape index (κ1) is 24.5. The van der Waals surface area contributed by atoms with Crippen molar-refractivity contribution in [2.24, 2.45) is 9.98 Å². The molecule has 196 valence electrons. The molecule has 1 aromatic heterocycles. The molecule has 7 nitrogen and oxygen atoms in total. The molecule has 1 unspecified atom stereocenters. The number of carbonyl (C=O) groups excluding carboxylic acids is 1. The largest absolute Gasteiger partial charge is 0.455 e. The molecule has 0 saturated carbocycles. The van der Waals surface area contributed by atoms with E-state index in [0.717, 1.165) is 11.3 Å². The molecule has 2 aliphatic rings. The van der Waals surface area contributed by atoms with E-state index < -0.39 is 12.0 Å². The fraction of sp³-hybridized carbons (Fsp3) is 0.167. The zero-order valence-corrected chi connectivity index (χ0v) is 21.5. The van der Waals surface area contributed by atoms with E-state index in [4.69, 9.17) is 9.15 Å². The maximum absolute atomic E-state index is 15.0. The number of halogens is 2. The lowest BCUT2D eigenvalue weighted by atomic mass is 9.96. The molecular formula is C30H24F2N4O3. The number of furan rings is 1. The van der Waals surface area contributed by atoms with Crippen molar-refractivity contribution in [3.63, 3.8) is 0 Å². The summed E-state index contributed by atoms with van der Waals surface area (Å²) in [5.74, 6) is -0.113. The molecule has 1 N–H and O–H groups in total. The van der Waals surface area contributed by atoms with Crippen LogP contribution in [0.25, 0.3) is 33.4 Å². The van der Waals surface area contributed by atoms with Crippen molar-refractivity contribution in [3.8, 4) is 22.5 Å². The van der Waals surface area contributed by atoms with Gasteiger partial charge in [-0.15, -0.1) is 0 Å². The van der Waals surface area contributed by atoms with E-state index in [1.165, 1.54) is 25.2 Å². The summed E-state index contributed by atoms with van der Waals surface area (Å²) in [6.45, 7) is 0. The molecular weight excluding hydrogens is 502 g/mol. The van der Waals surface area contributed by atoms with Crippen LogP contribution in [0.2, 0.25) is 0 Å². The fourth-order valence-corrected chi connectivity index (χ4v) is 4.82. The number of fused-ring (bicyclic) bond motifs is 2. The van der Waals surface area contributed by atoms with Gasteiger partial charge in [0, 0.05) is 62.0 Å². The highest BCUT2D eigenvalue weighted by Crippen LogP contribution is 2.41. The summed E-state index contributed by atoms with van der Waals surface area (Å²) >= 11 is 0. The van der Waals surface area contributed by atoms with Gasteiger partial charge in [-0.2, -0.15) is 0 Å². The van der Waals surface area contributed by atoms with Gasteiger partial charge < -0.3 is 19.4 Å². The van der Waals surface area contributed by atoms with E-state index in [-0.39, 0.29) is 23.2 Å². The van der Waals surface area contributed by atoms with Gasteiger partial charge in [0.2, 0.25) is 5.90 Å². The van der Waals surface area contributed by atoms with Gasteiger partial charge in [0.1, 0.15) is 28.7 Å². The van der Waals surface area contributed by atoms with E-state index in [2.05, 4.69) is 15.3 Å². The quantitative estimate of drug-likeness (QED) is 0.350. The molecule has 3 aromatic carbocycles. The number of hydrogen-bond donors (Lipinski definition) is 1. The number of carbonyl (C=O) groups is 1. The van der Waals surface area contributed by atoms with Crippen LogP contribution in [-0.4, -0.2) is 45.3 Å². The number of aliphatic imine (C=N–C) groups is 2. The maximum atomic E-state index is 15.0. The standard InChI is InChI=1S/C30H24F2N4O3/c1-33-29(37)26-21-14-19(23(36(2)3)15-25(21)38-27(26)16-6-9-18(31)10-7-16)17-8-11-22(32)20(13-17)30-35-28-24(39-30)5-4-12-34-28/h5-15,28H,4H2,1-3H3,(H,33,37). The Labute approximate surface area is 223 Å². The number of anilines is 1. The van der Waals surface area contributed by atoms with Gasteiger partial charge in [-0.1, -0.05) is 6.07 Å². The topological polar surface area (TPSA) is 79.4 Å². The number of ether oxygens (including phenoxy) is 1. The molecule has 0 bridgehead atoms. The number of hydrogen-bond acceptors (Lipinski definition) is 6. The highest BCUT2D eigenvalue weighted by Gasteiger charge is 2.29. The van der Waals surface area contributed by atoms with Crippen LogP contribution in [0, 0.1) is 11.6 Å². The van der Waals surface area contributed by atoms with Crippen molar-refractivity contribution in [1.29, 1.82) is 0 Å². The Morgan fingerprint density at radius 1 is 1.03 bits per heavy atom. The molecule has 0 saturated heterocycles. The zero-order valence-electron chi connectivity index (χ0n) is 21.5. The number of benzene rings is 3. The van der Waals surface area contributed by atoms with Crippen LogP contribution in [-0.2, 0) is 4.74 Å². The molecule has 9 heteroatoms. The number of nitrogens with zero attached hydrogens (tertiary/aromatic N) is 3. The number of dihydropyridines is 1. The van der Waals surface area contributed by atoms with Crippen molar-refractivity contribution in [3.05, 3.63) is 89.2 Å². The molecule has 0 aliphatic carbocycles. The third kappa shape index (κ3) is 4.25. The summed E-state index contributed by atoms with van der Waals surface area (Å²) in [5.41, 5.74) is 3.83. The molecule has 2 aliphatic heterocycles. The summed E-state index contributed by atoms with van der Waals surface area (Å²) < 4.78 is 40.7. The third-order valence-corrected chi connectivity index (χ3v) is 6.74. The first-order valence-corrected chi connectivity index (χ1v) is 12.4. The lowest BCUT2D eigenvalue weighted by Crippen LogP contribution is -2.18.